The lowest BCUT2D eigenvalue weighted by atomic mass is 10.2. The van der Waals surface area contributed by atoms with E-state index < -0.39 is 12.1 Å². The minimum Gasteiger partial charge on any atom is -0.486 e. The summed E-state index contributed by atoms with van der Waals surface area (Å²) in [6, 6.07) is 9.29. The molecular weight excluding hydrogens is 463 g/mol. The molecule has 1 aromatic carbocycles. The first-order chi connectivity index (χ1) is 15.7. The second-order valence-electron chi connectivity index (χ2n) is 6.84. The highest BCUT2D eigenvalue weighted by molar-refractivity contribution is 7.14. The van der Waals surface area contributed by atoms with E-state index in [4.69, 9.17) is 14.6 Å². The van der Waals surface area contributed by atoms with Crippen LogP contribution in [0.1, 0.15) is 32.4 Å². The molecule has 2 aromatic heterocycles. The van der Waals surface area contributed by atoms with Crippen LogP contribution in [0.5, 0.6) is 5.75 Å². The molecule has 176 valence electrons. The molecule has 0 unspecified atom stereocenters. The zero-order valence-electron chi connectivity index (χ0n) is 17.1. The monoisotopic (exact) mass is 483 g/mol. The minimum absolute atomic E-state index is 0.0709. The summed E-state index contributed by atoms with van der Waals surface area (Å²) >= 11 is 1.59. The third kappa shape index (κ3) is 7.29. The fourth-order valence-electron chi connectivity index (χ4n) is 2.82. The van der Waals surface area contributed by atoms with E-state index >= 15 is 0 Å². The number of aromatic amines is 1. The Hall–Kier alpha value is -3.45. The predicted octanol–water partition coefficient (Wildman–Crippen LogP) is 3.37. The number of carboxylic acids is 1. The third-order valence-corrected chi connectivity index (χ3v) is 5.62. The number of nitrogens with one attached hydrogen (secondary N) is 3. The lowest BCUT2D eigenvalue weighted by Gasteiger charge is -2.07. The topological polar surface area (TPSA) is 129 Å². The lowest BCUT2D eigenvalue weighted by Crippen LogP contribution is -2.21. The summed E-state index contributed by atoms with van der Waals surface area (Å²) in [5.41, 5.74) is 1.98. The van der Waals surface area contributed by atoms with Crippen LogP contribution in [0, 0.1) is 0 Å². The van der Waals surface area contributed by atoms with Crippen molar-refractivity contribution >= 4 is 28.9 Å². The number of rotatable bonds is 5. The van der Waals surface area contributed by atoms with Crippen molar-refractivity contribution in [2.45, 2.75) is 32.2 Å². The normalized spacial score (nSPS) is 13.2. The zero-order valence-corrected chi connectivity index (χ0v) is 17.9. The van der Waals surface area contributed by atoms with E-state index in [-0.39, 0.29) is 5.91 Å². The number of amides is 1. The van der Waals surface area contributed by atoms with Crippen molar-refractivity contribution in [3.05, 3.63) is 57.8 Å². The number of aryl methyl sites for hydroxylation is 1. The Balaban J connectivity index is 0.000000383. The number of H-pyrrole nitrogens is 1. The van der Waals surface area contributed by atoms with Crippen LogP contribution < -0.4 is 15.4 Å². The van der Waals surface area contributed by atoms with Crippen molar-refractivity contribution in [2.24, 2.45) is 0 Å². The first-order valence-electron chi connectivity index (χ1n) is 9.73. The molecule has 0 aliphatic carbocycles. The van der Waals surface area contributed by atoms with Gasteiger partial charge in [-0.15, -0.1) is 11.3 Å². The van der Waals surface area contributed by atoms with Crippen LogP contribution in [-0.2, 0) is 24.4 Å². The molecule has 0 radical (unpaired) electrons. The molecule has 0 saturated carbocycles. The van der Waals surface area contributed by atoms with Crippen LogP contribution in [0.15, 0.2) is 36.7 Å². The van der Waals surface area contributed by atoms with Gasteiger partial charge in [0, 0.05) is 17.1 Å². The number of carbonyl (C=O) groups is 2. The van der Waals surface area contributed by atoms with Gasteiger partial charge in [-0.25, -0.2) is 9.78 Å². The maximum atomic E-state index is 12.5. The van der Waals surface area contributed by atoms with Crippen molar-refractivity contribution in [1.29, 1.82) is 0 Å². The number of ether oxygens (including phenoxy) is 1. The molecule has 0 saturated heterocycles. The van der Waals surface area contributed by atoms with Crippen molar-refractivity contribution in [3.63, 3.8) is 0 Å². The second kappa shape index (κ2) is 10.9. The first kappa shape index (κ1) is 24.2. The Bertz CT molecular complexity index is 1050. The van der Waals surface area contributed by atoms with Crippen molar-refractivity contribution in [2.75, 3.05) is 11.9 Å². The maximum Gasteiger partial charge on any atom is 0.490 e. The van der Waals surface area contributed by atoms with Gasteiger partial charge in [0.15, 0.2) is 5.82 Å². The maximum absolute atomic E-state index is 12.5. The number of anilines is 1. The largest absolute Gasteiger partial charge is 0.490 e. The van der Waals surface area contributed by atoms with Crippen LogP contribution in [0.3, 0.4) is 0 Å². The Morgan fingerprint density at radius 1 is 1.24 bits per heavy atom. The standard InChI is InChI=1S/C18H19N5O2S.C2HF3O2/c24-18(16-8-12-9-19-7-1-2-15(12)26-16)22-13-3-5-14(6-4-13)25-10-17-20-11-21-23-17;3-2(4,5)1(6)7/h3-6,8,11,19H,1-2,7,9-10H2,(H,22,24)(H,20,21,23);(H,6,7). The highest BCUT2D eigenvalue weighted by Crippen LogP contribution is 2.26. The van der Waals surface area contributed by atoms with Gasteiger partial charge in [0.25, 0.3) is 5.91 Å². The molecule has 1 aliphatic rings. The number of hydrogen-bond acceptors (Lipinski definition) is 7. The highest BCUT2D eigenvalue weighted by Gasteiger charge is 2.38. The summed E-state index contributed by atoms with van der Waals surface area (Å²) in [7, 11) is 0. The molecule has 0 fully saturated rings. The first-order valence-corrected chi connectivity index (χ1v) is 10.5. The molecule has 0 atom stereocenters. The van der Waals surface area contributed by atoms with Gasteiger partial charge < -0.3 is 20.5 Å². The van der Waals surface area contributed by atoms with Gasteiger partial charge in [0.2, 0.25) is 0 Å². The van der Waals surface area contributed by atoms with Gasteiger partial charge in [0.05, 0.1) is 4.88 Å². The number of halogens is 3. The fraction of sp³-hybridized carbons (Fsp3) is 0.300. The number of thiophene rings is 1. The van der Waals surface area contributed by atoms with Gasteiger partial charge in [0.1, 0.15) is 18.7 Å². The number of nitrogens with zero attached hydrogens (tertiary/aromatic N) is 2. The molecule has 1 aliphatic heterocycles. The van der Waals surface area contributed by atoms with E-state index in [0.717, 1.165) is 36.5 Å². The van der Waals surface area contributed by atoms with Crippen LogP contribution in [0.4, 0.5) is 18.9 Å². The van der Waals surface area contributed by atoms with E-state index in [9.17, 15) is 18.0 Å². The summed E-state index contributed by atoms with van der Waals surface area (Å²) in [4.78, 5) is 27.5. The molecular formula is C20H20F3N5O4S. The molecule has 0 spiro atoms. The summed E-state index contributed by atoms with van der Waals surface area (Å²) in [5, 5.41) is 20.0. The summed E-state index contributed by atoms with van der Waals surface area (Å²) in [6.07, 6.45) is -1.49. The molecule has 4 N–H and O–H groups in total. The number of alkyl halides is 3. The van der Waals surface area contributed by atoms with Crippen molar-refractivity contribution < 1.29 is 32.6 Å². The number of aliphatic carboxylic acids is 1. The zero-order chi connectivity index (χ0) is 23.8. The van der Waals surface area contributed by atoms with Gasteiger partial charge in [-0.05, 0) is 55.3 Å². The van der Waals surface area contributed by atoms with Crippen LogP contribution in [0.25, 0.3) is 0 Å². The van der Waals surface area contributed by atoms with Crippen LogP contribution >= 0.6 is 11.3 Å². The van der Waals surface area contributed by atoms with E-state index in [2.05, 4.69) is 25.8 Å². The number of carbonyl (C=O) groups excluding carboxylic acids is 1. The number of hydrogen-bond donors (Lipinski definition) is 4. The summed E-state index contributed by atoms with van der Waals surface area (Å²) in [6.45, 7) is 2.20. The molecule has 4 rings (SSSR count). The lowest BCUT2D eigenvalue weighted by molar-refractivity contribution is -0.192. The van der Waals surface area contributed by atoms with Crippen LogP contribution in [0.2, 0.25) is 0 Å². The third-order valence-electron chi connectivity index (χ3n) is 4.39. The average molecular weight is 483 g/mol. The Morgan fingerprint density at radius 3 is 2.61 bits per heavy atom. The number of carboxylic acid groups (broad SMARTS) is 1. The van der Waals surface area contributed by atoms with Crippen molar-refractivity contribution in [1.82, 2.24) is 20.5 Å². The van der Waals surface area contributed by atoms with Gasteiger partial charge in [-0.1, -0.05) is 0 Å². The molecule has 13 heteroatoms. The van der Waals surface area contributed by atoms with Crippen LogP contribution in [-0.4, -0.2) is 44.9 Å². The quantitative estimate of drug-likeness (QED) is 0.438. The van der Waals surface area contributed by atoms with Gasteiger partial charge in [-0.2, -0.15) is 18.3 Å². The van der Waals surface area contributed by atoms with Crippen molar-refractivity contribution in [3.8, 4) is 5.75 Å². The Labute approximate surface area is 190 Å². The Morgan fingerprint density at radius 2 is 1.97 bits per heavy atom. The molecule has 9 nitrogen and oxygen atoms in total. The SMILES string of the molecule is O=C(Nc1ccc(OCc2ncn[nH]2)cc1)c1cc2c(s1)CCCNC2.O=C(O)C(F)(F)F. The fourth-order valence-corrected chi connectivity index (χ4v) is 3.93. The summed E-state index contributed by atoms with van der Waals surface area (Å²) in [5.74, 6) is -1.46. The van der Waals surface area contributed by atoms with Gasteiger partial charge >= 0.3 is 12.1 Å². The Kier molecular flexibility index (Phi) is 8.01. The molecule has 0 bridgehead atoms. The minimum atomic E-state index is -5.08. The number of fused-ring (bicyclic) bond motifs is 1. The van der Waals surface area contributed by atoms with Gasteiger partial charge in [-0.3, -0.25) is 9.89 Å². The van der Waals surface area contributed by atoms with E-state index in [1.165, 1.54) is 16.8 Å². The number of benzene rings is 1. The molecule has 3 heterocycles. The average Bonchev–Trinajstić information content (AvgIpc) is 3.39. The molecule has 3 aromatic rings. The highest BCUT2D eigenvalue weighted by atomic mass is 32.1. The van der Waals surface area contributed by atoms with E-state index in [0.29, 0.717) is 18.2 Å². The molecule has 1 amide bonds. The smallest absolute Gasteiger partial charge is 0.486 e. The summed E-state index contributed by atoms with van der Waals surface area (Å²) < 4.78 is 37.3. The molecule has 33 heavy (non-hydrogen) atoms. The predicted molar refractivity (Wildman–Crippen MR) is 113 cm³/mol. The number of aromatic nitrogens is 3. The van der Waals surface area contributed by atoms with E-state index in [1.54, 1.807) is 11.3 Å². The second-order valence-corrected chi connectivity index (χ2v) is 7.98. The van der Waals surface area contributed by atoms with E-state index in [1.807, 2.05) is 30.3 Å².